The fraction of sp³-hybridized carbons (Fsp3) is 0.632. The van der Waals surface area contributed by atoms with E-state index in [1.807, 2.05) is 0 Å². The van der Waals surface area contributed by atoms with Gasteiger partial charge in [-0.15, -0.1) is 0 Å². The summed E-state index contributed by atoms with van der Waals surface area (Å²) in [5, 5.41) is 0. The first-order valence-corrected chi connectivity index (χ1v) is 18.3. The zero-order valence-corrected chi connectivity index (χ0v) is 29.3. The van der Waals surface area contributed by atoms with E-state index in [9.17, 15) is 62.3 Å². The summed E-state index contributed by atoms with van der Waals surface area (Å²) >= 11 is 0. The van der Waals surface area contributed by atoms with Crippen molar-refractivity contribution >= 4 is 11.6 Å². The number of Topliss-reactive ketones (excluding diaryl/α,β-unsaturated/α-hetero) is 2. The minimum atomic E-state index is -5.02. The molecule has 4 aliphatic rings. The van der Waals surface area contributed by atoms with Gasteiger partial charge in [0.15, 0.2) is 11.6 Å². The molecule has 0 aromatic heterocycles. The highest BCUT2D eigenvalue weighted by Gasteiger charge is 2.43. The number of carbonyl (C=O) groups excluding carboxylic acids is 2. The average molecular weight is 787 g/mol. The second-order valence-corrected chi connectivity index (χ2v) is 14.8. The summed E-state index contributed by atoms with van der Waals surface area (Å²) in [6.45, 7) is 3.74. The van der Waals surface area contributed by atoms with E-state index >= 15 is 0 Å². The molecule has 2 aromatic rings. The van der Waals surface area contributed by atoms with Gasteiger partial charge in [0.2, 0.25) is 0 Å². The van der Waals surface area contributed by atoms with Gasteiger partial charge in [0, 0.05) is 36.1 Å². The SMILES string of the molecule is O=C(C[C@@H]1CCC[C@@H]1N1CCCC1)c1ccc(C(F)(F)F)cc1C(F)(F)F.O=C(C[C@H]1CCC[C@H]1N1CCCC1)c1ccc(C(F)(F)F)cc1C(F)(F)F. The fourth-order valence-electron chi connectivity index (χ4n) is 8.71. The van der Waals surface area contributed by atoms with Gasteiger partial charge < -0.3 is 9.80 Å². The molecule has 0 spiro atoms. The highest BCUT2D eigenvalue weighted by Crippen LogP contribution is 2.42. The van der Waals surface area contributed by atoms with E-state index in [-0.39, 0.29) is 48.9 Å². The Morgan fingerprint density at radius 2 is 0.815 bits per heavy atom. The van der Waals surface area contributed by atoms with Crippen molar-refractivity contribution in [3.05, 3.63) is 69.8 Å². The minimum absolute atomic E-state index is 0.0415. The van der Waals surface area contributed by atoms with Gasteiger partial charge in [-0.2, -0.15) is 52.7 Å². The van der Waals surface area contributed by atoms with E-state index in [1.54, 1.807) is 0 Å². The lowest BCUT2D eigenvalue weighted by Crippen LogP contribution is -2.36. The van der Waals surface area contributed by atoms with Gasteiger partial charge in [-0.1, -0.05) is 25.0 Å². The molecular formula is C38H42F12N2O2. The van der Waals surface area contributed by atoms with E-state index in [2.05, 4.69) is 9.80 Å². The molecule has 16 heteroatoms. The number of carbonyl (C=O) groups is 2. The molecule has 2 aliphatic carbocycles. The summed E-state index contributed by atoms with van der Waals surface area (Å²) in [6, 6.07) is 2.89. The van der Waals surface area contributed by atoms with Gasteiger partial charge in [0.25, 0.3) is 0 Å². The van der Waals surface area contributed by atoms with Crippen LogP contribution in [0.25, 0.3) is 0 Å². The molecule has 0 N–H and O–H groups in total. The molecule has 0 bridgehead atoms. The van der Waals surface area contributed by atoms with Crippen LogP contribution in [0, 0.1) is 11.8 Å². The molecule has 4 atom stereocenters. The molecule has 2 aliphatic heterocycles. The molecule has 2 saturated heterocycles. The largest absolute Gasteiger partial charge is 0.417 e. The molecule has 300 valence electrons. The highest BCUT2D eigenvalue weighted by molar-refractivity contribution is 5.98. The van der Waals surface area contributed by atoms with Crippen molar-refractivity contribution in [3.8, 4) is 0 Å². The Morgan fingerprint density at radius 3 is 1.11 bits per heavy atom. The van der Waals surface area contributed by atoms with Crippen LogP contribution in [0.2, 0.25) is 0 Å². The summed E-state index contributed by atoms with van der Waals surface area (Å²) in [7, 11) is 0. The Balaban J connectivity index is 0.000000208. The molecule has 2 heterocycles. The molecule has 2 saturated carbocycles. The summed E-state index contributed by atoms with van der Waals surface area (Å²) in [4.78, 5) is 29.8. The molecule has 2 aromatic carbocycles. The number of benzene rings is 2. The van der Waals surface area contributed by atoms with E-state index in [0.717, 1.165) is 90.4 Å². The summed E-state index contributed by atoms with van der Waals surface area (Å²) in [5.74, 6) is -1.54. The lowest BCUT2D eigenvalue weighted by molar-refractivity contribution is -0.144. The second-order valence-electron chi connectivity index (χ2n) is 14.8. The maximum absolute atomic E-state index is 13.3. The number of rotatable bonds is 8. The van der Waals surface area contributed by atoms with Gasteiger partial charge in [-0.25, -0.2) is 0 Å². The Hall–Kier alpha value is -3.14. The average Bonchev–Trinajstić information content (AvgIpc) is 3.91. The van der Waals surface area contributed by atoms with Gasteiger partial charge in [0.1, 0.15) is 0 Å². The van der Waals surface area contributed by atoms with Crippen molar-refractivity contribution in [2.45, 2.75) is 114 Å². The first-order valence-electron chi connectivity index (χ1n) is 18.3. The minimum Gasteiger partial charge on any atom is -0.300 e. The van der Waals surface area contributed by atoms with Crippen LogP contribution in [0.4, 0.5) is 52.7 Å². The van der Waals surface area contributed by atoms with Crippen molar-refractivity contribution < 1.29 is 62.3 Å². The molecule has 0 amide bonds. The van der Waals surface area contributed by atoms with Gasteiger partial charge in [0.05, 0.1) is 22.3 Å². The van der Waals surface area contributed by atoms with Gasteiger partial charge in [-0.3, -0.25) is 9.59 Å². The third kappa shape index (κ3) is 10.2. The standard InChI is InChI=1S/2C19H21F6NO/c2*20-18(21,22)13-6-7-14(15(11-13)19(23,24)25)17(27)10-12-4-3-5-16(12)26-8-1-2-9-26/h2*6-7,11-12,16H,1-5,8-10H2/t2*12-,16-/m10/s1. The van der Waals surface area contributed by atoms with Crippen LogP contribution in [-0.4, -0.2) is 59.6 Å². The number of hydrogen-bond donors (Lipinski definition) is 0. The van der Waals surface area contributed by atoms with Crippen LogP contribution < -0.4 is 0 Å². The molecule has 54 heavy (non-hydrogen) atoms. The van der Waals surface area contributed by atoms with E-state index < -0.39 is 69.7 Å². The number of ketones is 2. The van der Waals surface area contributed by atoms with Gasteiger partial charge in [-0.05, 0) is 114 Å². The fourth-order valence-corrected chi connectivity index (χ4v) is 8.71. The number of halogens is 12. The van der Waals surface area contributed by atoms with Crippen LogP contribution in [0.3, 0.4) is 0 Å². The van der Waals surface area contributed by atoms with Crippen LogP contribution in [-0.2, 0) is 24.7 Å². The van der Waals surface area contributed by atoms with Crippen molar-refractivity contribution in [2.75, 3.05) is 26.2 Å². The molecule has 6 rings (SSSR count). The van der Waals surface area contributed by atoms with E-state index in [0.29, 0.717) is 24.3 Å². The number of nitrogens with zero attached hydrogens (tertiary/aromatic N) is 2. The maximum atomic E-state index is 13.3. The van der Waals surface area contributed by atoms with E-state index in [1.165, 1.54) is 0 Å². The third-order valence-corrected chi connectivity index (χ3v) is 11.3. The zero-order chi connectivity index (χ0) is 39.6. The Morgan fingerprint density at radius 1 is 0.481 bits per heavy atom. The summed E-state index contributed by atoms with van der Waals surface area (Å²) in [5.41, 5.74) is -7.13. The van der Waals surface area contributed by atoms with Crippen molar-refractivity contribution in [1.29, 1.82) is 0 Å². The molecule has 4 fully saturated rings. The Kier molecular flexibility index (Phi) is 12.9. The van der Waals surface area contributed by atoms with Crippen LogP contribution in [0.1, 0.15) is 120 Å². The van der Waals surface area contributed by atoms with Crippen LogP contribution >= 0.6 is 0 Å². The zero-order valence-electron chi connectivity index (χ0n) is 29.3. The van der Waals surface area contributed by atoms with Crippen LogP contribution in [0.15, 0.2) is 36.4 Å². The Bertz CT molecular complexity index is 1500. The Labute approximate surface area is 305 Å². The normalized spacial score (nSPS) is 24.5. The van der Waals surface area contributed by atoms with Gasteiger partial charge >= 0.3 is 24.7 Å². The lowest BCUT2D eigenvalue weighted by Gasteiger charge is -2.29. The highest BCUT2D eigenvalue weighted by atomic mass is 19.4. The maximum Gasteiger partial charge on any atom is 0.417 e. The number of likely N-dealkylation sites (tertiary alicyclic amines) is 2. The van der Waals surface area contributed by atoms with Crippen molar-refractivity contribution in [1.82, 2.24) is 9.80 Å². The predicted octanol–water partition coefficient (Wildman–Crippen LogP) is 11.1. The van der Waals surface area contributed by atoms with Crippen LogP contribution in [0.5, 0.6) is 0 Å². The third-order valence-electron chi connectivity index (χ3n) is 11.3. The number of alkyl halides is 12. The topological polar surface area (TPSA) is 40.6 Å². The number of hydrogen-bond acceptors (Lipinski definition) is 4. The lowest BCUT2D eigenvalue weighted by atomic mass is 9.90. The molecule has 4 nitrogen and oxygen atoms in total. The van der Waals surface area contributed by atoms with E-state index in [4.69, 9.17) is 0 Å². The molecule has 0 radical (unpaired) electrons. The van der Waals surface area contributed by atoms with Crippen molar-refractivity contribution in [3.63, 3.8) is 0 Å². The summed E-state index contributed by atoms with van der Waals surface area (Å²) < 4.78 is 156. The monoisotopic (exact) mass is 786 g/mol. The first-order chi connectivity index (χ1) is 25.1. The first kappa shape index (κ1) is 42.0. The smallest absolute Gasteiger partial charge is 0.300 e. The second kappa shape index (κ2) is 16.5. The summed E-state index contributed by atoms with van der Waals surface area (Å²) in [6.07, 6.45) is -10.5. The van der Waals surface area contributed by atoms with Crippen molar-refractivity contribution in [2.24, 2.45) is 11.8 Å². The molecule has 0 unspecified atom stereocenters. The molecular weight excluding hydrogens is 744 g/mol. The quantitative estimate of drug-likeness (QED) is 0.197. The predicted molar refractivity (Wildman–Crippen MR) is 175 cm³/mol.